The van der Waals surface area contributed by atoms with Gasteiger partial charge in [-0.3, -0.25) is 0 Å². The highest BCUT2D eigenvalue weighted by atomic mass is 35.5. The fourth-order valence-corrected chi connectivity index (χ4v) is 1.42. The van der Waals surface area contributed by atoms with Crippen LogP contribution in [0.3, 0.4) is 0 Å². The molecule has 2 rings (SSSR count). The van der Waals surface area contributed by atoms with E-state index >= 15 is 0 Å². The Morgan fingerprint density at radius 3 is 2.80 bits per heavy atom. The van der Waals surface area contributed by atoms with Crippen LogP contribution in [-0.2, 0) is 0 Å². The van der Waals surface area contributed by atoms with Gasteiger partial charge in [0.15, 0.2) is 0 Å². The summed E-state index contributed by atoms with van der Waals surface area (Å²) >= 11 is 5.86. The molecule has 78 valence electrons. The molecular formula is C11H11ClN2O. The van der Waals surface area contributed by atoms with E-state index in [2.05, 4.69) is 0 Å². The Hall–Kier alpha value is -1.24. The molecule has 0 radical (unpaired) electrons. The van der Waals surface area contributed by atoms with Crippen LogP contribution in [0.2, 0.25) is 5.02 Å². The Labute approximate surface area is 93.4 Å². The van der Waals surface area contributed by atoms with Gasteiger partial charge in [0.1, 0.15) is 18.4 Å². The van der Waals surface area contributed by atoms with Crippen molar-refractivity contribution in [1.82, 2.24) is 0 Å². The number of nitriles is 1. The summed E-state index contributed by atoms with van der Waals surface area (Å²) in [6.45, 7) is 0.509. The molecule has 1 saturated carbocycles. The van der Waals surface area contributed by atoms with Crippen LogP contribution in [0.25, 0.3) is 0 Å². The molecule has 0 atom stereocenters. The van der Waals surface area contributed by atoms with Crippen LogP contribution in [0.5, 0.6) is 5.75 Å². The molecule has 0 heterocycles. The largest absolute Gasteiger partial charge is 0.492 e. The summed E-state index contributed by atoms with van der Waals surface area (Å²) < 4.78 is 5.49. The van der Waals surface area contributed by atoms with Crippen molar-refractivity contribution in [2.75, 3.05) is 6.61 Å². The van der Waals surface area contributed by atoms with Crippen molar-refractivity contribution < 1.29 is 4.74 Å². The fourth-order valence-electron chi connectivity index (χ4n) is 1.21. The van der Waals surface area contributed by atoms with E-state index < -0.39 is 0 Å². The van der Waals surface area contributed by atoms with Crippen molar-refractivity contribution >= 4 is 11.6 Å². The maximum absolute atomic E-state index is 8.68. The summed E-state index contributed by atoms with van der Waals surface area (Å²) in [5.41, 5.74) is 6.20. The lowest BCUT2D eigenvalue weighted by Crippen LogP contribution is -2.29. The Morgan fingerprint density at radius 1 is 1.53 bits per heavy atom. The van der Waals surface area contributed by atoms with Crippen molar-refractivity contribution in [3.05, 3.63) is 28.8 Å². The second-order valence-electron chi connectivity index (χ2n) is 3.90. The maximum Gasteiger partial charge on any atom is 0.120 e. The maximum atomic E-state index is 8.68. The molecule has 1 aromatic rings. The molecule has 0 amide bonds. The zero-order valence-electron chi connectivity index (χ0n) is 8.16. The van der Waals surface area contributed by atoms with Gasteiger partial charge < -0.3 is 10.5 Å². The standard InChI is InChI=1S/C11H11ClN2O/c12-10-5-9(2-1-8(10)6-13)15-7-11(14)3-4-11/h1-2,5H,3-4,7,14H2. The van der Waals surface area contributed by atoms with Gasteiger partial charge in [0.05, 0.1) is 16.1 Å². The molecule has 0 unspecified atom stereocenters. The Morgan fingerprint density at radius 2 is 2.27 bits per heavy atom. The second-order valence-corrected chi connectivity index (χ2v) is 4.31. The first-order valence-corrected chi connectivity index (χ1v) is 5.12. The van der Waals surface area contributed by atoms with Crippen molar-refractivity contribution in [3.63, 3.8) is 0 Å². The molecule has 0 bridgehead atoms. The minimum Gasteiger partial charge on any atom is -0.492 e. The molecule has 1 aliphatic carbocycles. The molecule has 15 heavy (non-hydrogen) atoms. The van der Waals surface area contributed by atoms with Gasteiger partial charge in [-0.2, -0.15) is 5.26 Å². The first-order chi connectivity index (χ1) is 7.13. The smallest absolute Gasteiger partial charge is 0.120 e. The average Bonchev–Trinajstić information content (AvgIpc) is 2.95. The number of hydrogen-bond donors (Lipinski definition) is 1. The highest BCUT2D eigenvalue weighted by Gasteiger charge is 2.39. The summed E-state index contributed by atoms with van der Waals surface area (Å²) in [5, 5.41) is 9.10. The minimum absolute atomic E-state index is 0.139. The van der Waals surface area contributed by atoms with Gasteiger partial charge in [-0.25, -0.2) is 0 Å². The van der Waals surface area contributed by atoms with E-state index in [1.54, 1.807) is 18.2 Å². The van der Waals surface area contributed by atoms with E-state index in [9.17, 15) is 0 Å². The number of benzene rings is 1. The predicted octanol–water partition coefficient (Wildman–Crippen LogP) is 2.08. The summed E-state index contributed by atoms with van der Waals surface area (Å²) in [4.78, 5) is 0. The van der Waals surface area contributed by atoms with Crippen molar-refractivity contribution in [2.24, 2.45) is 5.73 Å². The quantitative estimate of drug-likeness (QED) is 0.852. The Kier molecular flexibility index (Phi) is 2.56. The predicted molar refractivity (Wildman–Crippen MR) is 57.8 cm³/mol. The van der Waals surface area contributed by atoms with Gasteiger partial charge >= 0.3 is 0 Å². The zero-order chi connectivity index (χ0) is 10.9. The van der Waals surface area contributed by atoms with Crippen LogP contribution >= 0.6 is 11.6 Å². The number of hydrogen-bond acceptors (Lipinski definition) is 3. The van der Waals surface area contributed by atoms with Crippen molar-refractivity contribution in [2.45, 2.75) is 18.4 Å². The molecule has 0 spiro atoms. The molecule has 2 N–H and O–H groups in total. The average molecular weight is 223 g/mol. The van der Waals surface area contributed by atoms with Gasteiger partial charge in [0.2, 0.25) is 0 Å². The van der Waals surface area contributed by atoms with E-state index in [1.165, 1.54) is 0 Å². The molecule has 0 aromatic heterocycles. The van der Waals surface area contributed by atoms with Gasteiger partial charge in [-0.05, 0) is 25.0 Å². The molecule has 4 heteroatoms. The first kappa shape index (κ1) is 10.3. The third-order valence-electron chi connectivity index (χ3n) is 2.48. The highest BCUT2D eigenvalue weighted by molar-refractivity contribution is 6.31. The Bertz CT molecular complexity index is 421. The first-order valence-electron chi connectivity index (χ1n) is 4.74. The lowest BCUT2D eigenvalue weighted by molar-refractivity contribution is 0.279. The van der Waals surface area contributed by atoms with Gasteiger partial charge in [-0.1, -0.05) is 11.6 Å². The van der Waals surface area contributed by atoms with Crippen LogP contribution in [0.15, 0.2) is 18.2 Å². The van der Waals surface area contributed by atoms with Gasteiger partial charge in [0, 0.05) is 6.07 Å². The fraction of sp³-hybridized carbons (Fsp3) is 0.364. The molecule has 0 aliphatic heterocycles. The van der Waals surface area contributed by atoms with Crippen LogP contribution in [0, 0.1) is 11.3 Å². The molecule has 1 fully saturated rings. The normalized spacial score (nSPS) is 16.9. The third-order valence-corrected chi connectivity index (χ3v) is 2.79. The number of ether oxygens (including phenoxy) is 1. The van der Waals surface area contributed by atoms with E-state index in [0.29, 0.717) is 22.9 Å². The summed E-state index contributed by atoms with van der Waals surface area (Å²) in [7, 11) is 0. The third kappa shape index (κ3) is 2.41. The number of nitrogens with two attached hydrogens (primary N) is 1. The Balaban J connectivity index is 2.03. The van der Waals surface area contributed by atoms with E-state index in [-0.39, 0.29) is 5.54 Å². The van der Waals surface area contributed by atoms with E-state index in [4.69, 9.17) is 27.3 Å². The molecule has 0 saturated heterocycles. The molecule has 3 nitrogen and oxygen atoms in total. The van der Waals surface area contributed by atoms with E-state index in [0.717, 1.165) is 12.8 Å². The minimum atomic E-state index is -0.139. The molecule has 1 aliphatic rings. The van der Waals surface area contributed by atoms with Gasteiger partial charge in [0.25, 0.3) is 0 Å². The lowest BCUT2D eigenvalue weighted by Gasteiger charge is -2.11. The topological polar surface area (TPSA) is 59.0 Å². The number of rotatable bonds is 3. The van der Waals surface area contributed by atoms with Crippen LogP contribution < -0.4 is 10.5 Å². The van der Waals surface area contributed by atoms with Crippen LogP contribution in [0.1, 0.15) is 18.4 Å². The number of halogens is 1. The SMILES string of the molecule is N#Cc1ccc(OCC2(N)CC2)cc1Cl. The zero-order valence-corrected chi connectivity index (χ0v) is 8.92. The van der Waals surface area contributed by atoms with Crippen LogP contribution in [-0.4, -0.2) is 12.1 Å². The lowest BCUT2D eigenvalue weighted by atomic mass is 10.2. The molecule has 1 aromatic carbocycles. The van der Waals surface area contributed by atoms with Crippen LogP contribution in [0.4, 0.5) is 0 Å². The molecular weight excluding hydrogens is 212 g/mol. The van der Waals surface area contributed by atoms with E-state index in [1.807, 2.05) is 6.07 Å². The summed E-state index contributed by atoms with van der Waals surface area (Å²) in [5.74, 6) is 0.663. The van der Waals surface area contributed by atoms with Crippen molar-refractivity contribution in [1.29, 1.82) is 5.26 Å². The highest BCUT2D eigenvalue weighted by Crippen LogP contribution is 2.33. The number of nitrogens with zero attached hydrogens (tertiary/aromatic N) is 1. The monoisotopic (exact) mass is 222 g/mol. The van der Waals surface area contributed by atoms with Crippen molar-refractivity contribution in [3.8, 4) is 11.8 Å². The summed E-state index contributed by atoms with van der Waals surface area (Å²) in [6, 6.07) is 7.02. The second kappa shape index (κ2) is 3.73. The van der Waals surface area contributed by atoms with Gasteiger partial charge in [-0.15, -0.1) is 0 Å². The summed E-state index contributed by atoms with van der Waals surface area (Å²) in [6.07, 6.45) is 2.02.